The molecule has 108 valence electrons. The zero-order chi connectivity index (χ0) is 14.5. The van der Waals surface area contributed by atoms with E-state index in [1.54, 1.807) is 6.20 Å². The van der Waals surface area contributed by atoms with Crippen LogP contribution in [0, 0.1) is 0 Å². The SMILES string of the molecule is CCn1cncc1CNc1cccc(Cn2cccn2)c1. The fraction of sp³-hybridized carbons (Fsp3) is 0.250. The molecular weight excluding hydrogens is 262 g/mol. The van der Waals surface area contributed by atoms with Gasteiger partial charge in [-0.25, -0.2) is 4.98 Å². The number of hydrogen-bond acceptors (Lipinski definition) is 3. The third-order valence-electron chi connectivity index (χ3n) is 3.44. The third-order valence-corrected chi connectivity index (χ3v) is 3.44. The van der Waals surface area contributed by atoms with Crippen molar-refractivity contribution in [3.63, 3.8) is 0 Å². The minimum atomic E-state index is 0.777. The maximum Gasteiger partial charge on any atom is 0.0948 e. The van der Waals surface area contributed by atoms with Crippen molar-refractivity contribution in [1.82, 2.24) is 19.3 Å². The first kappa shape index (κ1) is 13.4. The molecule has 0 fully saturated rings. The molecule has 0 saturated carbocycles. The van der Waals surface area contributed by atoms with Crippen molar-refractivity contribution in [1.29, 1.82) is 0 Å². The highest BCUT2D eigenvalue weighted by Gasteiger charge is 2.01. The highest BCUT2D eigenvalue weighted by molar-refractivity contribution is 5.46. The summed E-state index contributed by atoms with van der Waals surface area (Å²) in [5.74, 6) is 0. The van der Waals surface area contributed by atoms with E-state index in [-0.39, 0.29) is 0 Å². The lowest BCUT2D eigenvalue weighted by atomic mass is 10.2. The molecule has 1 N–H and O–H groups in total. The van der Waals surface area contributed by atoms with Crippen molar-refractivity contribution in [2.24, 2.45) is 0 Å². The summed E-state index contributed by atoms with van der Waals surface area (Å²) in [6, 6.07) is 10.4. The van der Waals surface area contributed by atoms with Gasteiger partial charge in [-0.2, -0.15) is 5.10 Å². The zero-order valence-electron chi connectivity index (χ0n) is 12.1. The van der Waals surface area contributed by atoms with E-state index >= 15 is 0 Å². The number of aryl methyl sites for hydroxylation is 1. The summed E-state index contributed by atoms with van der Waals surface area (Å²) in [6.07, 6.45) is 7.54. The summed E-state index contributed by atoms with van der Waals surface area (Å²) >= 11 is 0. The highest BCUT2D eigenvalue weighted by atomic mass is 15.3. The molecule has 0 atom stereocenters. The van der Waals surface area contributed by atoms with Crippen LogP contribution in [0.1, 0.15) is 18.2 Å². The first-order valence-corrected chi connectivity index (χ1v) is 7.14. The average molecular weight is 281 g/mol. The van der Waals surface area contributed by atoms with Gasteiger partial charge in [0.05, 0.1) is 25.1 Å². The Kier molecular flexibility index (Phi) is 4.00. The van der Waals surface area contributed by atoms with Crippen LogP contribution in [-0.4, -0.2) is 19.3 Å². The van der Waals surface area contributed by atoms with Gasteiger partial charge in [0.25, 0.3) is 0 Å². The molecule has 0 unspecified atom stereocenters. The van der Waals surface area contributed by atoms with Gasteiger partial charge in [-0.3, -0.25) is 4.68 Å². The summed E-state index contributed by atoms with van der Waals surface area (Å²) in [6.45, 7) is 4.63. The quantitative estimate of drug-likeness (QED) is 0.756. The Balaban J connectivity index is 1.66. The fourth-order valence-electron chi connectivity index (χ4n) is 2.33. The Labute approximate surface area is 124 Å². The van der Waals surface area contributed by atoms with Crippen molar-refractivity contribution in [3.8, 4) is 0 Å². The molecule has 0 radical (unpaired) electrons. The zero-order valence-corrected chi connectivity index (χ0v) is 12.1. The van der Waals surface area contributed by atoms with Gasteiger partial charge in [-0.15, -0.1) is 0 Å². The van der Waals surface area contributed by atoms with Gasteiger partial charge in [0.15, 0.2) is 0 Å². The van der Waals surface area contributed by atoms with Crippen molar-refractivity contribution in [2.75, 3.05) is 5.32 Å². The maximum atomic E-state index is 4.24. The Morgan fingerprint density at radius 2 is 2.19 bits per heavy atom. The van der Waals surface area contributed by atoms with Gasteiger partial charge in [-0.1, -0.05) is 12.1 Å². The molecule has 0 aliphatic carbocycles. The van der Waals surface area contributed by atoms with E-state index in [9.17, 15) is 0 Å². The molecule has 5 heteroatoms. The molecule has 0 bridgehead atoms. The molecule has 0 spiro atoms. The van der Waals surface area contributed by atoms with Crippen LogP contribution in [0.3, 0.4) is 0 Å². The smallest absolute Gasteiger partial charge is 0.0948 e. The van der Waals surface area contributed by atoms with Crippen LogP contribution >= 0.6 is 0 Å². The number of hydrogen-bond donors (Lipinski definition) is 1. The van der Waals surface area contributed by atoms with E-state index < -0.39 is 0 Å². The minimum absolute atomic E-state index is 0.777. The van der Waals surface area contributed by atoms with E-state index in [0.29, 0.717) is 0 Å². The second-order valence-corrected chi connectivity index (χ2v) is 4.93. The van der Waals surface area contributed by atoms with Gasteiger partial charge in [0.1, 0.15) is 0 Å². The van der Waals surface area contributed by atoms with Gasteiger partial charge >= 0.3 is 0 Å². The van der Waals surface area contributed by atoms with Crippen LogP contribution < -0.4 is 5.32 Å². The van der Waals surface area contributed by atoms with E-state index in [4.69, 9.17) is 0 Å². The number of rotatable bonds is 6. The Morgan fingerprint density at radius 3 is 3.00 bits per heavy atom. The third kappa shape index (κ3) is 3.31. The lowest BCUT2D eigenvalue weighted by molar-refractivity contribution is 0.687. The topological polar surface area (TPSA) is 47.7 Å². The largest absolute Gasteiger partial charge is 0.379 e. The van der Waals surface area contributed by atoms with Crippen LogP contribution in [0.15, 0.2) is 55.2 Å². The highest BCUT2D eigenvalue weighted by Crippen LogP contribution is 2.13. The molecule has 2 aromatic heterocycles. The van der Waals surface area contributed by atoms with Crippen LogP contribution in [0.2, 0.25) is 0 Å². The van der Waals surface area contributed by atoms with E-state index in [2.05, 4.69) is 51.2 Å². The number of anilines is 1. The first-order valence-electron chi connectivity index (χ1n) is 7.14. The van der Waals surface area contributed by atoms with Crippen molar-refractivity contribution in [2.45, 2.75) is 26.6 Å². The Morgan fingerprint density at radius 1 is 1.24 bits per heavy atom. The Hall–Kier alpha value is -2.56. The summed E-state index contributed by atoms with van der Waals surface area (Å²) < 4.78 is 4.06. The lowest BCUT2D eigenvalue weighted by Crippen LogP contribution is -2.06. The van der Waals surface area contributed by atoms with Crippen molar-refractivity contribution in [3.05, 3.63) is 66.5 Å². The predicted octanol–water partition coefficient (Wildman–Crippen LogP) is 2.76. The second kappa shape index (κ2) is 6.26. The van der Waals surface area contributed by atoms with Crippen LogP contribution in [-0.2, 0) is 19.6 Å². The van der Waals surface area contributed by atoms with Crippen molar-refractivity contribution >= 4 is 5.69 Å². The number of aromatic nitrogens is 4. The number of benzene rings is 1. The van der Waals surface area contributed by atoms with Gasteiger partial charge in [-0.05, 0) is 30.7 Å². The van der Waals surface area contributed by atoms with Gasteiger partial charge < -0.3 is 9.88 Å². The molecule has 5 nitrogen and oxygen atoms in total. The van der Waals surface area contributed by atoms with Crippen molar-refractivity contribution < 1.29 is 0 Å². The number of nitrogens with zero attached hydrogens (tertiary/aromatic N) is 4. The van der Waals surface area contributed by atoms with E-state index in [1.807, 2.05) is 29.5 Å². The number of imidazole rings is 1. The molecule has 0 aliphatic rings. The molecule has 21 heavy (non-hydrogen) atoms. The van der Waals surface area contributed by atoms with E-state index in [1.165, 1.54) is 11.3 Å². The minimum Gasteiger partial charge on any atom is -0.379 e. The molecule has 3 aromatic rings. The molecule has 2 heterocycles. The average Bonchev–Trinajstić information content (AvgIpc) is 3.16. The monoisotopic (exact) mass is 281 g/mol. The van der Waals surface area contributed by atoms with Crippen LogP contribution in [0.4, 0.5) is 5.69 Å². The molecule has 0 amide bonds. The normalized spacial score (nSPS) is 10.7. The fourth-order valence-corrected chi connectivity index (χ4v) is 2.33. The molecule has 1 aromatic carbocycles. The molecule has 3 rings (SSSR count). The molecular formula is C16H19N5. The standard InChI is InChI=1S/C16H19N5/c1-2-20-13-17-10-16(20)11-18-15-6-3-5-14(9-15)12-21-8-4-7-19-21/h3-10,13,18H,2,11-12H2,1H3. The number of nitrogens with one attached hydrogen (secondary N) is 1. The predicted molar refractivity (Wildman–Crippen MR) is 83.0 cm³/mol. The second-order valence-electron chi connectivity index (χ2n) is 4.93. The van der Waals surface area contributed by atoms with Gasteiger partial charge in [0.2, 0.25) is 0 Å². The maximum absolute atomic E-state index is 4.24. The summed E-state index contributed by atoms with van der Waals surface area (Å²) in [4.78, 5) is 4.18. The summed E-state index contributed by atoms with van der Waals surface area (Å²) in [7, 11) is 0. The summed E-state index contributed by atoms with van der Waals surface area (Å²) in [5, 5.41) is 7.69. The van der Waals surface area contributed by atoms with Gasteiger partial charge in [0, 0.05) is 30.8 Å². The molecule has 0 saturated heterocycles. The lowest BCUT2D eigenvalue weighted by Gasteiger charge is -2.10. The first-order chi connectivity index (χ1) is 10.3. The summed E-state index contributed by atoms with van der Waals surface area (Å²) in [5.41, 5.74) is 3.53. The van der Waals surface area contributed by atoms with E-state index in [0.717, 1.165) is 25.3 Å². The Bertz CT molecular complexity index is 684. The van der Waals surface area contributed by atoms with Crippen LogP contribution in [0.5, 0.6) is 0 Å². The van der Waals surface area contributed by atoms with Crippen LogP contribution in [0.25, 0.3) is 0 Å². The molecule has 0 aliphatic heterocycles.